The highest BCUT2D eigenvalue weighted by molar-refractivity contribution is 5.99. The highest BCUT2D eigenvalue weighted by atomic mass is 16.5. The Morgan fingerprint density at radius 1 is 1.21 bits per heavy atom. The molecular weight excluding hydrogens is 362 g/mol. The highest BCUT2D eigenvalue weighted by Crippen LogP contribution is 2.43. The second-order valence-electron chi connectivity index (χ2n) is 8.39. The number of hydrogen-bond acceptors (Lipinski definition) is 3. The van der Waals surface area contributed by atoms with Crippen LogP contribution in [0.4, 0.5) is 5.69 Å². The molecule has 0 bridgehead atoms. The topological polar surface area (TPSA) is 58.6 Å². The number of anilines is 1. The van der Waals surface area contributed by atoms with E-state index in [4.69, 9.17) is 4.74 Å². The van der Waals surface area contributed by atoms with E-state index >= 15 is 0 Å². The molecule has 1 amide bonds. The van der Waals surface area contributed by atoms with E-state index in [1.165, 1.54) is 38.4 Å². The number of rotatable bonds is 5. The molecule has 1 saturated carbocycles. The van der Waals surface area contributed by atoms with Crippen LogP contribution >= 0.6 is 0 Å². The van der Waals surface area contributed by atoms with Gasteiger partial charge in [0.25, 0.3) is 5.91 Å². The number of nitrogens with one attached hydrogen (secondary N) is 1. The summed E-state index contributed by atoms with van der Waals surface area (Å²) >= 11 is 0. The summed E-state index contributed by atoms with van der Waals surface area (Å²) in [6.45, 7) is 2.18. The lowest BCUT2D eigenvalue weighted by Crippen LogP contribution is -2.52. The van der Waals surface area contributed by atoms with E-state index in [1.54, 1.807) is 0 Å². The van der Waals surface area contributed by atoms with Crippen LogP contribution in [0.25, 0.3) is 6.08 Å². The molecule has 2 aromatic rings. The fourth-order valence-electron chi connectivity index (χ4n) is 4.90. The number of benzene rings is 2. The molecule has 1 aliphatic heterocycles. The summed E-state index contributed by atoms with van der Waals surface area (Å²) in [5, 5.41) is 14.7. The summed E-state index contributed by atoms with van der Waals surface area (Å²) in [6, 6.07) is 15.1. The average Bonchev–Trinajstić information content (AvgIpc) is 3.22. The van der Waals surface area contributed by atoms with Gasteiger partial charge in [-0.2, -0.15) is 0 Å². The van der Waals surface area contributed by atoms with E-state index in [1.807, 2.05) is 48.5 Å². The first-order valence-corrected chi connectivity index (χ1v) is 10.5. The molecule has 0 aromatic heterocycles. The van der Waals surface area contributed by atoms with Crippen LogP contribution in [0.1, 0.15) is 55.7 Å². The summed E-state index contributed by atoms with van der Waals surface area (Å²) < 4.78 is 5.46. The van der Waals surface area contributed by atoms with Crippen molar-refractivity contribution in [2.75, 3.05) is 12.4 Å². The van der Waals surface area contributed by atoms with Crippen LogP contribution in [0.2, 0.25) is 0 Å². The number of ether oxygens (including phenoxy) is 1. The van der Waals surface area contributed by atoms with Gasteiger partial charge in [-0.05, 0) is 42.5 Å². The van der Waals surface area contributed by atoms with Gasteiger partial charge in [0.15, 0.2) is 11.7 Å². The standard InChI is InChI=1S/C25H29NO3/c1-17(14-18-8-6-7-9-18)15-19-12-13-22-21(16-19)25(28,20-10-4-3-5-11-20)23(29-2)24(27)26-22/h3-5,10-13,15-16,18,23,28H,6-9,14H2,1-2H3,(H,26,27). The molecule has 4 nitrogen and oxygen atoms in total. The molecule has 0 spiro atoms. The third-order valence-corrected chi connectivity index (χ3v) is 6.28. The number of amides is 1. The SMILES string of the molecule is COC1C(=O)Nc2ccc(C=C(C)CC3CCCC3)cc2C1(O)c1ccccc1. The van der Waals surface area contributed by atoms with Crippen LogP contribution in [-0.2, 0) is 15.1 Å². The zero-order chi connectivity index (χ0) is 20.4. The summed E-state index contributed by atoms with van der Waals surface area (Å²) in [5.74, 6) is 0.453. The minimum atomic E-state index is -1.54. The number of fused-ring (bicyclic) bond motifs is 1. The van der Waals surface area contributed by atoms with E-state index in [9.17, 15) is 9.90 Å². The van der Waals surface area contributed by atoms with Crippen LogP contribution in [0.15, 0.2) is 54.1 Å². The zero-order valence-electron chi connectivity index (χ0n) is 17.2. The Morgan fingerprint density at radius 3 is 2.62 bits per heavy atom. The van der Waals surface area contributed by atoms with Gasteiger partial charge < -0.3 is 15.2 Å². The van der Waals surface area contributed by atoms with E-state index in [0.717, 1.165) is 17.9 Å². The monoisotopic (exact) mass is 391 g/mol. The zero-order valence-corrected chi connectivity index (χ0v) is 17.2. The van der Waals surface area contributed by atoms with Crippen molar-refractivity contribution >= 4 is 17.7 Å². The van der Waals surface area contributed by atoms with Crippen LogP contribution in [-0.4, -0.2) is 24.2 Å². The van der Waals surface area contributed by atoms with E-state index < -0.39 is 11.7 Å². The Hall–Kier alpha value is -2.43. The van der Waals surface area contributed by atoms with Crippen molar-refractivity contribution in [3.05, 3.63) is 70.8 Å². The van der Waals surface area contributed by atoms with E-state index in [-0.39, 0.29) is 5.91 Å². The second-order valence-corrected chi connectivity index (χ2v) is 8.39. The quantitative estimate of drug-likeness (QED) is 0.764. The maximum Gasteiger partial charge on any atom is 0.257 e. The van der Waals surface area contributed by atoms with Crippen molar-refractivity contribution in [2.45, 2.75) is 50.7 Å². The Labute approximate surface area is 172 Å². The molecule has 2 unspecified atom stereocenters. The molecule has 1 fully saturated rings. The number of hydrogen-bond donors (Lipinski definition) is 2. The normalized spacial score (nSPS) is 25.0. The first kappa shape index (κ1) is 19.9. The Bertz CT molecular complexity index is 915. The first-order valence-electron chi connectivity index (χ1n) is 10.5. The third-order valence-electron chi connectivity index (χ3n) is 6.28. The van der Waals surface area contributed by atoms with Crippen molar-refractivity contribution in [2.24, 2.45) is 5.92 Å². The van der Waals surface area contributed by atoms with Crippen molar-refractivity contribution in [1.82, 2.24) is 0 Å². The number of carbonyl (C=O) groups excluding carboxylic acids is 1. The van der Waals surface area contributed by atoms with E-state index in [2.05, 4.69) is 18.3 Å². The predicted octanol–water partition coefficient (Wildman–Crippen LogP) is 4.87. The lowest BCUT2D eigenvalue weighted by molar-refractivity contribution is -0.142. The molecule has 2 atom stereocenters. The fraction of sp³-hybridized carbons (Fsp3) is 0.400. The molecule has 4 heteroatoms. The minimum Gasteiger partial charge on any atom is -0.377 e. The van der Waals surface area contributed by atoms with Gasteiger partial charge in [0.05, 0.1) is 0 Å². The molecule has 0 saturated heterocycles. The summed E-state index contributed by atoms with van der Waals surface area (Å²) in [4.78, 5) is 12.6. The number of aliphatic hydroxyl groups is 1. The first-order chi connectivity index (χ1) is 14.0. The van der Waals surface area contributed by atoms with Crippen LogP contribution in [0.5, 0.6) is 0 Å². The van der Waals surface area contributed by atoms with Crippen molar-refractivity contribution < 1.29 is 14.6 Å². The average molecular weight is 392 g/mol. The number of allylic oxidation sites excluding steroid dienone is 1. The maximum atomic E-state index is 12.6. The molecule has 152 valence electrons. The molecule has 0 radical (unpaired) electrons. The molecule has 1 heterocycles. The number of methoxy groups -OCH3 is 1. The van der Waals surface area contributed by atoms with Crippen LogP contribution < -0.4 is 5.32 Å². The van der Waals surface area contributed by atoms with Crippen molar-refractivity contribution in [1.29, 1.82) is 0 Å². The van der Waals surface area contributed by atoms with Crippen LogP contribution in [0.3, 0.4) is 0 Å². The molecule has 2 aromatic carbocycles. The molecule has 29 heavy (non-hydrogen) atoms. The molecular formula is C25H29NO3. The van der Waals surface area contributed by atoms with Gasteiger partial charge in [0, 0.05) is 18.4 Å². The molecule has 1 aliphatic carbocycles. The van der Waals surface area contributed by atoms with Gasteiger partial charge in [-0.15, -0.1) is 0 Å². The third kappa shape index (κ3) is 3.75. The van der Waals surface area contributed by atoms with E-state index in [0.29, 0.717) is 16.8 Å². The highest BCUT2D eigenvalue weighted by Gasteiger charge is 2.49. The molecule has 2 aliphatic rings. The van der Waals surface area contributed by atoms with Crippen molar-refractivity contribution in [3.63, 3.8) is 0 Å². The van der Waals surface area contributed by atoms with Gasteiger partial charge in [-0.3, -0.25) is 4.79 Å². The molecule has 4 rings (SSSR count). The lowest BCUT2D eigenvalue weighted by Gasteiger charge is -2.40. The largest absolute Gasteiger partial charge is 0.377 e. The van der Waals surface area contributed by atoms with Crippen molar-refractivity contribution in [3.8, 4) is 0 Å². The molecule has 2 N–H and O–H groups in total. The van der Waals surface area contributed by atoms with Crippen LogP contribution in [0, 0.1) is 5.92 Å². The van der Waals surface area contributed by atoms with Gasteiger partial charge in [0.2, 0.25) is 0 Å². The number of carbonyl (C=O) groups is 1. The second kappa shape index (κ2) is 8.13. The smallest absolute Gasteiger partial charge is 0.257 e. The summed E-state index contributed by atoms with van der Waals surface area (Å²) in [7, 11) is 1.46. The van der Waals surface area contributed by atoms with Gasteiger partial charge >= 0.3 is 0 Å². The van der Waals surface area contributed by atoms with Gasteiger partial charge in [0.1, 0.15) is 0 Å². The maximum absolute atomic E-state index is 12.6. The summed E-state index contributed by atoms with van der Waals surface area (Å²) in [5.41, 5.74) is 2.77. The Morgan fingerprint density at radius 2 is 1.93 bits per heavy atom. The van der Waals surface area contributed by atoms with Gasteiger partial charge in [-0.25, -0.2) is 0 Å². The lowest BCUT2D eigenvalue weighted by atomic mass is 9.77. The Balaban J connectivity index is 1.75. The predicted molar refractivity (Wildman–Crippen MR) is 116 cm³/mol. The minimum absolute atomic E-state index is 0.341. The summed E-state index contributed by atoms with van der Waals surface area (Å²) in [6.07, 6.45) is 7.64. The Kier molecular flexibility index (Phi) is 5.57. The van der Waals surface area contributed by atoms with Gasteiger partial charge in [-0.1, -0.05) is 73.7 Å². The fourth-order valence-corrected chi connectivity index (χ4v) is 4.90.